The molecule has 1 rings (SSSR count). The Kier molecular flexibility index (Phi) is 6.16. The number of aliphatic hydroxyl groups is 1. The summed E-state index contributed by atoms with van der Waals surface area (Å²) in [5.41, 5.74) is 8.06. The molecule has 1 aromatic rings. The van der Waals surface area contributed by atoms with Crippen LogP contribution in [0.4, 0.5) is 0 Å². The third-order valence-electron chi connectivity index (χ3n) is 3.11. The van der Waals surface area contributed by atoms with Crippen LogP contribution in [0.2, 0.25) is 0 Å². The molecular weight excluding hydrogens is 226 g/mol. The highest BCUT2D eigenvalue weighted by molar-refractivity contribution is 5.39. The Morgan fingerprint density at radius 1 is 1.33 bits per heavy atom. The third-order valence-corrected chi connectivity index (χ3v) is 3.11. The van der Waals surface area contributed by atoms with Gasteiger partial charge in [0.2, 0.25) is 0 Å². The van der Waals surface area contributed by atoms with E-state index in [1.54, 1.807) is 0 Å². The molecule has 0 radical (unpaired) electrons. The van der Waals surface area contributed by atoms with Gasteiger partial charge in [-0.3, -0.25) is 0 Å². The van der Waals surface area contributed by atoms with Crippen LogP contribution in [0, 0.1) is 5.92 Å². The van der Waals surface area contributed by atoms with Crippen LogP contribution in [0.3, 0.4) is 0 Å². The topological polar surface area (TPSA) is 55.5 Å². The largest absolute Gasteiger partial charge is 0.494 e. The van der Waals surface area contributed by atoms with Gasteiger partial charge in [0.25, 0.3) is 0 Å². The zero-order valence-electron chi connectivity index (χ0n) is 11.6. The fraction of sp³-hybridized carbons (Fsp3) is 0.600. The average Bonchev–Trinajstić information content (AvgIpc) is 2.37. The summed E-state index contributed by atoms with van der Waals surface area (Å²) in [5, 5.41) is 9.20. The molecule has 3 nitrogen and oxygen atoms in total. The van der Waals surface area contributed by atoms with Gasteiger partial charge in [0.15, 0.2) is 0 Å². The van der Waals surface area contributed by atoms with Crippen molar-refractivity contribution in [1.82, 2.24) is 0 Å². The van der Waals surface area contributed by atoms with Gasteiger partial charge in [-0.15, -0.1) is 0 Å². The Bertz CT molecular complexity index is 360. The molecule has 0 bridgehead atoms. The molecule has 0 fully saturated rings. The van der Waals surface area contributed by atoms with E-state index in [1.165, 1.54) is 11.1 Å². The molecule has 102 valence electrons. The fourth-order valence-electron chi connectivity index (χ4n) is 2.02. The quantitative estimate of drug-likeness (QED) is 0.782. The minimum atomic E-state index is 0.140. The molecular formula is C15H25NO2. The van der Waals surface area contributed by atoms with E-state index in [2.05, 4.69) is 26.0 Å². The van der Waals surface area contributed by atoms with Crippen molar-refractivity contribution < 1.29 is 9.84 Å². The van der Waals surface area contributed by atoms with E-state index in [4.69, 9.17) is 10.5 Å². The number of aliphatic hydroxyl groups excluding tert-OH is 1. The van der Waals surface area contributed by atoms with Crippen LogP contribution in [0.5, 0.6) is 5.75 Å². The smallest absolute Gasteiger partial charge is 0.122 e. The van der Waals surface area contributed by atoms with Crippen molar-refractivity contribution in [2.24, 2.45) is 11.7 Å². The summed E-state index contributed by atoms with van der Waals surface area (Å²) in [5.74, 6) is 1.53. The van der Waals surface area contributed by atoms with Gasteiger partial charge in [-0.2, -0.15) is 0 Å². The van der Waals surface area contributed by atoms with Crippen molar-refractivity contribution in [2.75, 3.05) is 19.8 Å². The molecule has 1 atom stereocenters. The molecule has 0 saturated heterocycles. The summed E-state index contributed by atoms with van der Waals surface area (Å²) >= 11 is 0. The van der Waals surface area contributed by atoms with E-state index in [1.807, 2.05) is 13.0 Å². The first kappa shape index (κ1) is 15.0. The summed E-state index contributed by atoms with van der Waals surface area (Å²) in [6, 6.07) is 6.27. The number of benzene rings is 1. The van der Waals surface area contributed by atoms with Gasteiger partial charge in [0.05, 0.1) is 6.61 Å². The fourth-order valence-corrected chi connectivity index (χ4v) is 2.02. The van der Waals surface area contributed by atoms with Gasteiger partial charge >= 0.3 is 0 Å². The summed E-state index contributed by atoms with van der Waals surface area (Å²) in [7, 11) is 0. The molecule has 0 saturated carbocycles. The molecule has 3 N–H and O–H groups in total. The molecule has 0 spiro atoms. The first-order valence-corrected chi connectivity index (χ1v) is 6.68. The standard InChI is InChI=1S/C15H25NO2/c1-4-18-15-6-5-12(7-13(9-16)10-17)8-14(15)11(2)3/h5-6,8,11,13,17H,4,7,9-10,16H2,1-3H3. The summed E-state index contributed by atoms with van der Waals surface area (Å²) in [6.45, 7) is 7.65. The van der Waals surface area contributed by atoms with E-state index in [0.29, 0.717) is 19.1 Å². The van der Waals surface area contributed by atoms with E-state index in [0.717, 1.165) is 12.2 Å². The maximum atomic E-state index is 9.20. The Hall–Kier alpha value is -1.06. The second kappa shape index (κ2) is 7.39. The number of nitrogens with two attached hydrogens (primary N) is 1. The van der Waals surface area contributed by atoms with Crippen LogP contribution in [0.1, 0.15) is 37.8 Å². The van der Waals surface area contributed by atoms with Crippen LogP contribution in [-0.2, 0) is 6.42 Å². The zero-order valence-corrected chi connectivity index (χ0v) is 11.6. The molecule has 0 heterocycles. The predicted octanol–water partition coefficient (Wildman–Crippen LogP) is 2.32. The molecule has 18 heavy (non-hydrogen) atoms. The van der Waals surface area contributed by atoms with Crippen molar-refractivity contribution in [2.45, 2.75) is 33.1 Å². The Morgan fingerprint density at radius 2 is 2.06 bits per heavy atom. The minimum absolute atomic E-state index is 0.140. The van der Waals surface area contributed by atoms with Crippen molar-refractivity contribution in [1.29, 1.82) is 0 Å². The lowest BCUT2D eigenvalue weighted by Gasteiger charge is -2.17. The first-order valence-electron chi connectivity index (χ1n) is 6.68. The molecule has 1 unspecified atom stereocenters. The normalized spacial score (nSPS) is 12.8. The van der Waals surface area contributed by atoms with E-state index in [9.17, 15) is 5.11 Å². The van der Waals surface area contributed by atoms with Crippen LogP contribution < -0.4 is 10.5 Å². The molecule has 0 aliphatic rings. The first-order chi connectivity index (χ1) is 8.62. The van der Waals surface area contributed by atoms with Gasteiger partial charge < -0.3 is 15.6 Å². The van der Waals surface area contributed by atoms with E-state index in [-0.39, 0.29) is 12.5 Å². The van der Waals surface area contributed by atoms with E-state index >= 15 is 0 Å². The number of ether oxygens (including phenoxy) is 1. The van der Waals surface area contributed by atoms with Crippen LogP contribution in [-0.4, -0.2) is 24.9 Å². The molecule has 3 heteroatoms. The van der Waals surface area contributed by atoms with Crippen molar-refractivity contribution in [3.05, 3.63) is 29.3 Å². The SMILES string of the molecule is CCOc1ccc(CC(CN)CO)cc1C(C)C. The molecule has 0 aromatic heterocycles. The Morgan fingerprint density at radius 3 is 2.56 bits per heavy atom. The molecule has 1 aromatic carbocycles. The lowest BCUT2D eigenvalue weighted by molar-refractivity contribution is 0.230. The Balaban J connectivity index is 2.92. The number of rotatable bonds is 7. The monoisotopic (exact) mass is 251 g/mol. The molecule has 0 aliphatic carbocycles. The predicted molar refractivity (Wildman–Crippen MR) is 75.0 cm³/mol. The average molecular weight is 251 g/mol. The van der Waals surface area contributed by atoms with Gasteiger partial charge in [0.1, 0.15) is 5.75 Å². The maximum Gasteiger partial charge on any atom is 0.122 e. The van der Waals surface area contributed by atoms with E-state index < -0.39 is 0 Å². The number of hydrogen-bond donors (Lipinski definition) is 2. The number of hydrogen-bond acceptors (Lipinski definition) is 3. The van der Waals surface area contributed by atoms with Gasteiger partial charge in [-0.1, -0.05) is 26.0 Å². The van der Waals surface area contributed by atoms with Gasteiger partial charge in [-0.25, -0.2) is 0 Å². The summed E-state index contributed by atoms with van der Waals surface area (Å²) in [6.07, 6.45) is 0.819. The Labute approximate surface area is 110 Å². The second-order valence-corrected chi connectivity index (χ2v) is 4.95. The van der Waals surface area contributed by atoms with Crippen LogP contribution >= 0.6 is 0 Å². The van der Waals surface area contributed by atoms with Crippen molar-refractivity contribution in [3.63, 3.8) is 0 Å². The van der Waals surface area contributed by atoms with Gasteiger partial charge in [-0.05, 0) is 48.9 Å². The van der Waals surface area contributed by atoms with Crippen molar-refractivity contribution >= 4 is 0 Å². The highest BCUT2D eigenvalue weighted by Gasteiger charge is 2.11. The summed E-state index contributed by atoms with van der Waals surface area (Å²) in [4.78, 5) is 0. The van der Waals surface area contributed by atoms with Crippen molar-refractivity contribution in [3.8, 4) is 5.75 Å². The highest BCUT2D eigenvalue weighted by Crippen LogP contribution is 2.28. The third kappa shape index (κ3) is 4.00. The van der Waals surface area contributed by atoms with Crippen LogP contribution in [0.15, 0.2) is 18.2 Å². The lowest BCUT2D eigenvalue weighted by atomic mass is 9.94. The maximum absolute atomic E-state index is 9.20. The second-order valence-electron chi connectivity index (χ2n) is 4.95. The highest BCUT2D eigenvalue weighted by atomic mass is 16.5. The minimum Gasteiger partial charge on any atom is -0.494 e. The summed E-state index contributed by atoms with van der Waals surface area (Å²) < 4.78 is 5.64. The van der Waals surface area contributed by atoms with Gasteiger partial charge in [0, 0.05) is 6.61 Å². The molecule has 0 amide bonds. The molecule has 0 aliphatic heterocycles. The van der Waals surface area contributed by atoms with Crippen LogP contribution in [0.25, 0.3) is 0 Å². The lowest BCUT2D eigenvalue weighted by Crippen LogP contribution is -2.20. The zero-order chi connectivity index (χ0) is 13.5.